The molecule has 188 valence electrons. The minimum atomic E-state index is -1.05. The second-order valence-electron chi connectivity index (χ2n) is 9.71. The van der Waals surface area contributed by atoms with Crippen molar-refractivity contribution >= 4 is 17.4 Å². The molecule has 1 atom stereocenters. The smallest absolute Gasteiger partial charge is 0.295 e. The molecule has 1 aliphatic heterocycles. The van der Waals surface area contributed by atoms with Crippen LogP contribution in [0.1, 0.15) is 57.4 Å². The van der Waals surface area contributed by atoms with Crippen molar-refractivity contribution in [2.75, 3.05) is 33.3 Å². The van der Waals surface area contributed by atoms with E-state index in [9.17, 15) is 14.7 Å². The molecule has 0 bridgehead atoms. The van der Waals surface area contributed by atoms with Gasteiger partial charge in [0.2, 0.25) is 0 Å². The van der Waals surface area contributed by atoms with Gasteiger partial charge in [-0.05, 0) is 42.3 Å². The third-order valence-electron chi connectivity index (χ3n) is 6.61. The van der Waals surface area contributed by atoms with Crippen LogP contribution < -0.4 is 4.74 Å². The number of likely N-dealkylation sites (N-methyl/N-ethyl adjacent to an activating group) is 1. The van der Waals surface area contributed by atoms with E-state index in [4.69, 9.17) is 4.74 Å². The molecule has 1 aliphatic rings. The van der Waals surface area contributed by atoms with Crippen LogP contribution in [0.25, 0.3) is 5.76 Å². The number of Topliss-reactive ketones (excluding diaryl/α,β-unsaturated/α-hetero) is 1. The lowest BCUT2D eigenvalue weighted by Gasteiger charge is -2.28. The molecule has 1 N–H and O–H groups in total. The van der Waals surface area contributed by atoms with Gasteiger partial charge >= 0.3 is 0 Å². The first-order chi connectivity index (χ1) is 16.5. The van der Waals surface area contributed by atoms with Gasteiger partial charge in [0.25, 0.3) is 11.7 Å². The zero-order valence-electron chi connectivity index (χ0n) is 21.4. The van der Waals surface area contributed by atoms with Gasteiger partial charge in [0.05, 0.1) is 24.3 Å². The maximum Gasteiger partial charge on any atom is 0.295 e. The Morgan fingerprint density at radius 2 is 1.77 bits per heavy atom. The summed E-state index contributed by atoms with van der Waals surface area (Å²) in [7, 11) is 1.47. The summed E-state index contributed by atoms with van der Waals surface area (Å²) in [5.41, 5.74) is 1.01. The number of rotatable bonds is 8. The van der Waals surface area contributed by atoms with Crippen molar-refractivity contribution in [3.05, 3.63) is 70.5 Å². The topological polar surface area (TPSA) is 70.1 Å². The summed E-state index contributed by atoms with van der Waals surface area (Å²) in [5, 5.41) is 11.5. The van der Waals surface area contributed by atoms with E-state index >= 15 is 4.39 Å². The van der Waals surface area contributed by atoms with Gasteiger partial charge in [-0.2, -0.15) is 0 Å². The molecule has 1 heterocycles. The monoisotopic (exact) mass is 482 g/mol. The first-order valence-electron chi connectivity index (χ1n) is 12.0. The van der Waals surface area contributed by atoms with Gasteiger partial charge in [0.1, 0.15) is 17.3 Å². The predicted molar refractivity (Wildman–Crippen MR) is 135 cm³/mol. The van der Waals surface area contributed by atoms with Crippen LogP contribution in [0.3, 0.4) is 0 Å². The number of halogens is 1. The summed E-state index contributed by atoms with van der Waals surface area (Å²) >= 11 is 0. The number of benzene rings is 2. The SMILES string of the molecule is CCN(CC)CCN1C(=O)C(=O)/C(=C(/O)c2cc(C(C)(C)C)ccc2OC)C1c1ccccc1F. The molecule has 0 radical (unpaired) electrons. The van der Waals surface area contributed by atoms with E-state index in [1.807, 2.05) is 40.7 Å². The van der Waals surface area contributed by atoms with Crippen LogP contribution in [0.2, 0.25) is 0 Å². The summed E-state index contributed by atoms with van der Waals surface area (Å²) in [4.78, 5) is 30.0. The number of ether oxygens (including phenoxy) is 1. The van der Waals surface area contributed by atoms with Crippen LogP contribution in [0.15, 0.2) is 48.0 Å². The number of ketones is 1. The Bertz CT molecular complexity index is 1130. The maximum atomic E-state index is 15.0. The highest BCUT2D eigenvalue weighted by atomic mass is 19.1. The lowest BCUT2D eigenvalue weighted by atomic mass is 9.85. The highest BCUT2D eigenvalue weighted by molar-refractivity contribution is 6.46. The Morgan fingerprint density at radius 1 is 1.11 bits per heavy atom. The van der Waals surface area contributed by atoms with E-state index in [1.54, 1.807) is 30.3 Å². The minimum Gasteiger partial charge on any atom is -0.507 e. The van der Waals surface area contributed by atoms with Gasteiger partial charge in [0, 0.05) is 18.7 Å². The number of hydrogen-bond acceptors (Lipinski definition) is 5. The third-order valence-corrected chi connectivity index (χ3v) is 6.61. The lowest BCUT2D eigenvalue weighted by molar-refractivity contribution is -0.140. The molecule has 1 fully saturated rings. The highest BCUT2D eigenvalue weighted by Gasteiger charge is 2.47. The van der Waals surface area contributed by atoms with Crippen molar-refractivity contribution in [3.8, 4) is 5.75 Å². The molecule has 7 heteroatoms. The van der Waals surface area contributed by atoms with Crippen molar-refractivity contribution in [1.29, 1.82) is 0 Å². The Balaban J connectivity index is 2.23. The van der Waals surface area contributed by atoms with E-state index < -0.39 is 23.5 Å². The summed E-state index contributed by atoms with van der Waals surface area (Å²) in [6, 6.07) is 10.4. The molecule has 2 aromatic rings. The number of carbonyl (C=O) groups excluding carboxylic acids is 2. The molecule has 1 amide bonds. The van der Waals surface area contributed by atoms with Crippen LogP contribution in [-0.2, 0) is 15.0 Å². The van der Waals surface area contributed by atoms with Gasteiger partial charge in [-0.25, -0.2) is 4.39 Å². The van der Waals surface area contributed by atoms with Gasteiger partial charge in [-0.15, -0.1) is 0 Å². The normalized spacial score (nSPS) is 17.9. The molecule has 2 aromatic carbocycles. The van der Waals surface area contributed by atoms with Crippen molar-refractivity contribution in [2.24, 2.45) is 0 Å². The van der Waals surface area contributed by atoms with E-state index in [1.165, 1.54) is 18.1 Å². The largest absolute Gasteiger partial charge is 0.507 e. The molecule has 1 saturated heterocycles. The van der Waals surface area contributed by atoms with Crippen molar-refractivity contribution in [3.63, 3.8) is 0 Å². The quantitative estimate of drug-likeness (QED) is 0.329. The zero-order chi connectivity index (χ0) is 25.9. The maximum absolute atomic E-state index is 15.0. The van der Waals surface area contributed by atoms with Crippen LogP contribution in [0.4, 0.5) is 4.39 Å². The fraction of sp³-hybridized carbons (Fsp3) is 0.429. The number of hydrogen-bond donors (Lipinski definition) is 1. The molecule has 6 nitrogen and oxygen atoms in total. The molecule has 0 aliphatic carbocycles. The zero-order valence-corrected chi connectivity index (χ0v) is 21.4. The minimum absolute atomic E-state index is 0.135. The van der Waals surface area contributed by atoms with Crippen molar-refractivity contribution in [2.45, 2.75) is 46.1 Å². The number of amides is 1. The van der Waals surface area contributed by atoms with Gasteiger partial charge in [0.15, 0.2) is 0 Å². The van der Waals surface area contributed by atoms with Gasteiger partial charge in [-0.3, -0.25) is 9.59 Å². The van der Waals surface area contributed by atoms with E-state index in [0.717, 1.165) is 18.7 Å². The Labute approximate surface area is 207 Å². The Hall–Kier alpha value is -3.19. The predicted octanol–water partition coefficient (Wildman–Crippen LogP) is 4.90. The fourth-order valence-electron chi connectivity index (χ4n) is 4.42. The highest BCUT2D eigenvalue weighted by Crippen LogP contribution is 2.42. The van der Waals surface area contributed by atoms with Gasteiger partial charge < -0.3 is 19.6 Å². The number of methoxy groups -OCH3 is 1. The summed E-state index contributed by atoms with van der Waals surface area (Å²) in [5.74, 6) is -2.15. The van der Waals surface area contributed by atoms with Crippen LogP contribution in [-0.4, -0.2) is 59.9 Å². The second-order valence-corrected chi connectivity index (χ2v) is 9.71. The molecular weight excluding hydrogens is 447 g/mol. The van der Waals surface area contributed by atoms with Crippen LogP contribution in [0, 0.1) is 5.82 Å². The number of likely N-dealkylation sites (tertiary alicyclic amines) is 1. The van der Waals surface area contributed by atoms with Crippen LogP contribution >= 0.6 is 0 Å². The van der Waals surface area contributed by atoms with E-state index in [2.05, 4.69) is 4.90 Å². The average molecular weight is 483 g/mol. The fourth-order valence-corrected chi connectivity index (χ4v) is 4.42. The third kappa shape index (κ3) is 5.25. The average Bonchev–Trinajstić information content (AvgIpc) is 3.08. The standard InChI is InChI=1S/C28H35FN2O4/c1-7-30(8-2)15-16-31-24(19-11-9-10-12-21(19)29)23(26(33)27(31)34)25(32)20-17-18(28(3,4)5)13-14-22(20)35-6/h9-14,17,24,32H,7-8,15-16H2,1-6H3/b25-23+. The lowest BCUT2D eigenvalue weighted by Crippen LogP contribution is -2.38. The Morgan fingerprint density at radius 3 is 2.34 bits per heavy atom. The van der Waals surface area contributed by atoms with Gasteiger partial charge in [-0.1, -0.05) is 58.9 Å². The number of carbonyl (C=O) groups is 2. The summed E-state index contributed by atoms with van der Waals surface area (Å²) < 4.78 is 20.5. The number of aliphatic hydroxyl groups excluding tert-OH is 1. The molecule has 35 heavy (non-hydrogen) atoms. The van der Waals surface area contributed by atoms with E-state index in [0.29, 0.717) is 17.9 Å². The van der Waals surface area contributed by atoms with Crippen LogP contribution in [0.5, 0.6) is 5.75 Å². The second kappa shape index (κ2) is 10.6. The number of aliphatic hydroxyl groups is 1. The molecule has 3 rings (SSSR count). The first-order valence-corrected chi connectivity index (χ1v) is 12.0. The number of nitrogens with zero attached hydrogens (tertiary/aromatic N) is 2. The Kier molecular flexibility index (Phi) is 8.00. The molecule has 0 saturated carbocycles. The first kappa shape index (κ1) is 26.4. The molecule has 0 aromatic heterocycles. The summed E-state index contributed by atoms with van der Waals surface area (Å²) in [6.45, 7) is 12.4. The molecule has 1 unspecified atom stereocenters. The molecule has 0 spiro atoms. The van der Waals surface area contributed by atoms with Crippen molar-refractivity contribution < 1.29 is 23.8 Å². The van der Waals surface area contributed by atoms with E-state index in [-0.39, 0.29) is 28.9 Å². The summed E-state index contributed by atoms with van der Waals surface area (Å²) in [6.07, 6.45) is 0. The van der Waals surface area contributed by atoms with Crippen molar-refractivity contribution in [1.82, 2.24) is 9.80 Å². The molecular formula is C28H35FN2O4.